The van der Waals surface area contributed by atoms with Gasteiger partial charge in [-0.15, -0.1) is 0 Å². The third kappa shape index (κ3) is 4.77. The fourth-order valence-electron chi connectivity index (χ4n) is 4.22. The molecule has 0 saturated carbocycles. The van der Waals surface area contributed by atoms with Gasteiger partial charge in [0.1, 0.15) is 6.54 Å². The molecule has 160 valence electrons. The van der Waals surface area contributed by atoms with Crippen LogP contribution in [0.1, 0.15) is 22.5 Å². The summed E-state index contributed by atoms with van der Waals surface area (Å²) in [5.74, 6) is 0. The Kier molecular flexibility index (Phi) is 6.10. The Labute approximate surface area is 194 Å². The zero-order valence-corrected chi connectivity index (χ0v) is 18.5. The molecule has 2 nitrogen and oxygen atoms in total. The van der Waals surface area contributed by atoms with Gasteiger partial charge in [0.2, 0.25) is 11.4 Å². The maximum atomic E-state index is 7.84. The molecule has 5 aromatic rings. The number of benzene rings is 4. The highest BCUT2D eigenvalue weighted by Crippen LogP contribution is 2.19. The summed E-state index contributed by atoms with van der Waals surface area (Å²) in [6, 6.07) is 36.2. The van der Waals surface area contributed by atoms with Crippen molar-refractivity contribution in [2.45, 2.75) is 6.54 Å². The van der Waals surface area contributed by atoms with E-state index in [2.05, 4.69) is 132 Å². The van der Waals surface area contributed by atoms with Gasteiger partial charge in [-0.25, -0.2) is 0 Å². The third-order valence-corrected chi connectivity index (χ3v) is 5.93. The molecule has 0 fully saturated rings. The van der Waals surface area contributed by atoms with Gasteiger partial charge in [0, 0.05) is 24.3 Å². The zero-order valence-electron chi connectivity index (χ0n) is 18.5. The second-order valence-corrected chi connectivity index (χ2v) is 8.16. The van der Waals surface area contributed by atoms with E-state index in [1.807, 2.05) is 0 Å². The van der Waals surface area contributed by atoms with Gasteiger partial charge in [-0.1, -0.05) is 79.3 Å². The maximum absolute atomic E-state index is 7.84. The minimum Gasteiger partial charge on any atom is -0.672 e. The lowest BCUT2D eigenvalue weighted by molar-refractivity contribution is -0.696. The SMILES string of the molecule is [NH-]CC[n+]1c(/C=C/c2ccc3ccccc3c2)cccc1/C=C/c1ccc2ccccc2c1. The van der Waals surface area contributed by atoms with Crippen LogP contribution in [0.5, 0.6) is 0 Å². The summed E-state index contributed by atoms with van der Waals surface area (Å²) in [6.45, 7) is 0.984. The quantitative estimate of drug-likeness (QED) is 0.249. The van der Waals surface area contributed by atoms with Crippen LogP contribution in [-0.4, -0.2) is 6.54 Å². The summed E-state index contributed by atoms with van der Waals surface area (Å²) < 4.78 is 2.21. The van der Waals surface area contributed by atoms with Crippen LogP contribution in [0.25, 0.3) is 51.6 Å². The van der Waals surface area contributed by atoms with Crippen molar-refractivity contribution in [3.8, 4) is 0 Å². The molecule has 0 saturated heterocycles. The van der Waals surface area contributed by atoms with E-state index in [1.54, 1.807) is 0 Å². The fraction of sp³-hybridized carbons (Fsp3) is 0.0645. The predicted molar refractivity (Wildman–Crippen MR) is 142 cm³/mol. The molecule has 0 aliphatic carbocycles. The molecule has 0 radical (unpaired) electrons. The van der Waals surface area contributed by atoms with Crippen LogP contribution in [0.3, 0.4) is 0 Å². The largest absolute Gasteiger partial charge is 0.672 e. The van der Waals surface area contributed by atoms with Crippen molar-refractivity contribution in [3.63, 3.8) is 0 Å². The molecule has 4 aromatic carbocycles. The number of pyridine rings is 1. The number of nitrogens with zero attached hydrogens (tertiary/aromatic N) is 1. The van der Waals surface area contributed by atoms with Crippen LogP contribution < -0.4 is 4.57 Å². The molecular weight excluding hydrogens is 400 g/mol. The highest BCUT2D eigenvalue weighted by Gasteiger charge is 2.11. The van der Waals surface area contributed by atoms with Crippen molar-refractivity contribution in [2.75, 3.05) is 6.54 Å². The lowest BCUT2D eigenvalue weighted by Gasteiger charge is -2.06. The number of hydrogen-bond donors (Lipinski definition) is 0. The first-order valence-electron chi connectivity index (χ1n) is 11.3. The average molecular weight is 427 g/mol. The second-order valence-electron chi connectivity index (χ2n) is 8.16. The van der Waals surface area contributed by atoms with Crippen LogP contribution in [-0.2, 0) is 6.54 Å². The van der Waals surface area contributed by atoms with E-state index in [1.165, 1.54) is 32.7 Å². The van der Waals surface area contributed by atoms with E-state index < -0.39 is 0 Å². The molecular formula is C31H26N2. The number of hydrogen-bond acceptors (Lipinski definition) is 0. The summed E-state index contributed by atoms with van der Waals surface area (Å²) in [7, 11) is 0. The van der Waals surface area contributed by atoms with Gasteiger partial charge in [-0.05, 0) is 63.0 Å². The Balaban J connectivity index is 1.45. The summed E-state index contributed by atoms with van der Waals surface area (Å²) in [6.07, 6.45) is 8.60. The summed E-state index contributed by atoms with van der Waals surface area (Å²) in [5, 5.41) is 4.98. The van der Waals surface area contributed by atoms with E-state index >= 15 is 0 Å². The molecule has 1 heterocycles. The summed E-state index contributed by atoms with van der Waals surface area (Å²) in [5.41, 5.74) is 12.4. The van der Waals surface area contributed by atoms with Crippen molar-refractivity contribution in [2.24, 2.45) is 0 Å². The van der Waals surface area contributed by atoms with Gasteiger partial charge in [0.05, 0.1) is 0 Å². The van der Waals surface area contributed by atoms with Crippen LogP contribution >= 0.6 is 0 Å². The monoisotopic (exact) mass is 426 g/mol. The van der Waals surface area contributed by atoms with Crippen molar-refractivity contribution >= 4 is 45.8 Å². The van der Waals surface area contributed by atoms with Crippen LogP contribution in [0.15, 0.2) is 103 Å². The van der Waals surface area contributed by atoms with Crippen molar-refractivity contribution in [3.05, 3.63) is 131 Å². The molecule has 0 unspecified atom stereocenters. The number of nitrogens with one attached hydrogen (secondary N) is 1. The van der Waals surface area contributed by atoms with Crippen LogP contribution in [0.4, 0.5) is 0 Å². The van der Waals surface area contributed by atoms with E-state index in [9.17, 15) is 0 Å². The molecule has 0 spiro atoms. The van der Waals surface area contributed by atoms with Crippen LogP contribution in [0.2, 0.25) is 0 Å². The van der Waals surface area contributed by atoms with Crippen molar-refractivity contribution in [1.82, 2.24) is 0 Å². The first-order valence-corrected chi connectivity index (χ1v) is 11.3. The Morgan fingerprint density at radius 2 is 1.00 bits per heavy atom. The molecule has 5 rings (SSSR count). The molecule has 1 N–H and O–H groups in total. The van der Waals surface area contributed by atoms with Crippen molar-refractivity contribution < 1.29 is 4.57 Å². The molecule has 0 aliphatic heterocycles. The Morgan fingerprint density at radius 1 is 0.515 bits per heavy atom. The number of rotatable bonds is 6. The second kappa shape index (κ2) is 9.64. The lowest BCUT2D eigenvalue weighted by Crippen LogP contribution is -2.41. The molecule has 0 bridgehead atoms. The van der Waals surface area contributed by atoms with E-state index in [0.717, 1.165) is 11.4 Å². The molecule has 2 heteroatoms. The standard InChI is InChI=1S/C31H26N2/c32-20-21-33-30(18-14-24-12-16-26-6-1-3-8-28(26)22-24)10-5-11-31(33)19-15-25-13-17-27-7-2-4-9-29(27)23-25/h1-19,22-23,32H,20-21H2/b18-14+,19-15+. The molecule has 0 atom stereocenters. The zero-order chi connectivity index (χ0) is 22.5. The minimum absolute atomic E-state index is 0.336. The third-order valence-electron chi connectivity index (χ3n) is 5.93. The van der Waals surface area contributed by atoms with E-state index in [0.29, 0.717) is 13.1 Å². The highest BCUT2D eigenvalue weighted by atomic mass is 15.0. The number of aromatic nitrogens is 1. The Bertz CT molecular complexity index is 1370. The molecule has 1 aromatic heterocycles. The lowest BCUT2D eigenvalue weighted by atomic mass is 10.1. The summed E-state index contributed by atoms with van der Waals surface area (Å²) >= 11 is 0. The first-order chi connectivity index (χ1) is 16.3. The minimum atomic E-state index is 0.336. The van der Waals surface area contributed by atoms with Gasteiger partial charge < -0.3 is 5.73 Å². The predicted octanol–water partition coefficient (Wildman–Crippen LogP) is 7.67. The topological polar surface area (TPSA) is 27.7 Å². The van der Waals surface area contributed by atoms with Gasteiger partial charge >= 0.3 is 0 Å². The maximum Gasteiger partial charge on any atom is 0.205 e. The smallest absolute Gasteiger partial charge is 0.205 e. The fourth-order valence-corrected chi connectivity index (χ4v) is 4.22. The van der Waals surface area contributed by atoms with Crippen molar-refractivity contribution in [1.29, 1.82) is 0 Å². The van der Waals surface area contributed by atoms with E-state index in [4.69, 9.17) is 5.73 Å². The molecule has 0 amide bonds. The van der Waals surface area contributed by atoms with Gasteiger partial charge in [0.15, 0.2) is 0 Å². The van der Waals surface area contributed by atoms with Gasteiger partial charge in [0.25, 0.3) is 0 Å². The molecule has 0 aliphatic rings. The van der Waals surface area contributed by atoms with Gasteiger partial charge in [-0.3, -0.25) is 0 Å². The Hall–Kier alpha value is -4.01. The Morgan fingerprint density at radius 3 is 1.48 bits per heavy atom. The van der Waals surface area contributed by atoms with Crippen LogP contribution in [0, 0.1) is 0 Å². The molecule has 33 heavy (non-hydrogen) atoms. The number of fused-ring (bicyclic) bond motifs is 2. The summed E-state index contributed by atoms with van der Waals surface area (Å²) in [4.78, 5) is 0. The average Bonchev–Trinajstić information content (AvgIpc) is 2.87. The first kappa shape index (κ1) is 20.9. The highest BCUT2D eigenvalue weighted by molar-refractivity contribution is 5.86. The van der Waals surface area contributed by atoms with Gasteiger partial charge in [-0.2, -0.15) is 4.57 Å². The van der Waals surface area contributed by atoms with E-state index in [-0.39, 0.29) is 0 Å². The normalized spacial score (nSPS) is 11.8.